The molecule has 1 N–H and O–H groups in total. The van der Waals surface area contributed by atoms with E-state index in [0.717, 1.165) is 42.3 Å². The average Bonchev–Trinajstić information content (AvgIpc) is 3.28. The molecule has 3 nitrogen and oxygen atoms in total. The molecule has 0 radical (unpaired) electrons. The van der Waals surface area contributed by atoms with Gasteiger partial charge in [-0.3, -0.25) is 0 Å². The van der Waals surface area contributed by atoms with Crippen LogP contribution in [0.5, 0.6) is 0 Å². The quantitative estimate of drug-likeness (QED) is 0.933. The van der Waals surface area contributed by atoms with Gasteiger partial charge in [-0.05, 0) is 69.3 Å². The van der Waals surface area contributed by atoms with Crippen molar-refractivity contribution < 1.29 is 4.39 Å². The molecular weight excluding hydrogens is 265 g/mol. The second-order valence-corrected chi connectivity index (χ2v) is 6.49. The van der Waals surface area contributed by atoms with Gasteiger partial charge in [-0.2, -0.15) is 0 Å². The van der Waals surface area contributed by atoms with Crippen LogP contribution in [0.25, 0.3) is 11.0 Å². The Kier molecular flexibility index (Phi) is 3.42. The summed E-state index contributed by atoms with van der Waals surface area (Å²) < 4.78 is 15.8. The van der Waals surface area contributed by atoms with E-state index in [0.29, 0.717) is 6.04 Å². The molecule has 1 aliphatic carbocycles. The third kappa shape index (κ3) is 2.69. The van der Waals surface area contributed by atoms with Gasteiger partial charge in [0.2, 0.25) is 0 Å². The molecule has 0 atom stereocenters. The van der Waals surface area contributed by atoms with Crippen LogP contribution in [0.3, 0.4) is 0 Å². The highest BCUT2D eigenvalue weighted by molar-refractivity contribution is 5.76. The molecule has 0 unspecified atom stereocenters. The monoisotopic (exact) mass is 287 g/mol. The average molecular weight is 287 g/mol. The second kappa shape index (κ2) is 5.41. The number of piperidine rings is 1. The Balaban J connectivity index is 1.59. The van der Waals surface area contributed by atoms with E-state index in [1.165, 1.54) is 38.2 Å². The predicted molar refractivity (Wildman–Crippen MR) is 81.9 cm³/mol. The number of halogens is 1. The Bertz CT molecular complexity index is 639. The molecule has 0 bridgehead atoms. The van der Waals surface area contributed by atoms with Crippen LogP contribution in [-0.4, -0.2) is 22.6 Å². The maximum Gasteiger partial charge on any atom is 0.125 e. The van der Waals surface area contributed by atoms with Crippen molar-refractivity contribution in [3.05, 3.63) is 29.8 Å². The summed E-state index contributed by atoms with van der Waals surface area (Å²) in [5.74, 6) is 1.82. The number of benzene rings is 1. The molecule has 2 heterocycles. The number of imidazole rings is 1. The lowest BCUT2D eigenvalue weighted by molar-refractivity contribution is 0.351. The van der Waals surface area contributed by atoms with E-state index >= 15 is 0 Å². The molecule has 0 amide bonds. The largest absolute Gasteiger partial charge is 0.325 e. The summed E-state index contributed by atoms with van der Waals surface area (Å²) in [6.07, 6.45) is 7.21. The summed E-state index contributed by atoms with van der Waals surface area (Å²) in [5.41, 5.74) is 1.93. The molecule has 4 rings (SSSR count). The first kappa shape index (κ1) is 13.3. The Labute approximate surface area is 124 Å². The Morgan fingerprint density at radius 1 is 1.19 bits per heavy atom. The van der Waals surface area contributed by atoms with Crippen LogP contribution in [0, 0.1) is 11.7 Å². The molecule has 112 valence electrons. The van der Waals surface area contributed by atoms with Crippen molar-refractivity contribution in [2.75, 3.05) is 13.1 Å². The van der Waals surface area contributed by atoms with E-state index in [-0.39, 0.29) is 5.82 Å². The zero-order chi connectivity index (χ0) is 14.2. The topological polar surface area (TPSA) is 29.9 Å². The highest BCUT2D eigenvalue weighted by atomic mass is 19.1. The normalized spacial score (nSPS) is 20.2. The van der Waals surface area contributed by atoms with Crippen molar-refractivity contribution in [1.29, 1.82) is 0 Å². The lowest BCUT2D eigenvalue weighted by Crippen LogP contribution is -2.28. The van der Waals surface area contributed by atoms with Gasteiger partial charge in [-0.1, -0.05) is 0 Å². The van der Waals surface area contributed by atoms with Crippen LogP contribution in [-0.2, 0) is 6.42 Å². The second-order valence-electron chi connectivity index (χ2n) is 6.49. The smallest absolute Gasteiger partial charge is 0.125 e. The van der Waals surface area contributed by atoms with Gasteiger partial charge in [-0.15, -0.1) is 0 Å². The molecule has 2 fully saturated rings. The van der Waals surface area contributed by atoms with Crippen LogP contribution >= 0.6 is 0 Å². The lowest BCUT2D eigenvalue weighted by atomic mass is 9.93. The van der Waals surface area contributed by atoms with Gasteiger partial charge in [0, 0.05) is 12.5 Å². The van der Waals surface area contributed by atoms with Gasteiger partial charge in [0.15, 0.2) is 0 Å². The molecule has 2 aromatic rings. The van der Waals surface area contributed by atoms with Crippen molar-refractivity contribution in [3.63, 3.8) is 0 Å². The third-order valence-electron chi connectivity index (χ3n) is 4.87. The number of nitrogens with zero attached hydrogens (tertiary/aromatic N) is 2. The third-order valence-corrected chi connectivity index (χ3v) is 4.87. The van der Waals surface area contributed by atoms with Crippen LogP contribution in [0.15, 0.2) is 18.2 Å². The van der Waals surface area contributed by atoms with Crippen molar-refractivity contribution in [3.8, 4) is 0 Å². The first-order valence-corrected chi connectivity index (χ1v) is 8.18. The van der Waals surface area contributed by atoms with Gasteiger partial charge < -0.3 is 9.88 Å². The number of nitrogens with one attached hydrogen (secondary N) is 1. The molecule has 1 saturated carbocycles. The molecule has 21 heavy (non-hydrogen) atoms. The SMILES string of the molecule is Fc1ccc2nc(CCC3CCNCC3)n(C3CC3)c2c1. The Hall–Kier alpha value is -1.42. The van der Waals surface area contributed by atoms with Gasteiger partial charge >= 0.3 is 0 Å². The molecule has 1 aromatic carbocycles. The molecule has 0 spiro atoms. The minimum Gasteiger partial charge on any atom is -0.325 e. The Morgan fingerprint density at radius 3 is 2.76 bits per heavy atom. The molecule has 1 aliphatic heterocycles. The maximum absolute atomic E-state index is 13.5. The van der Waals surface area contributed by atoms with E-state index in [1.54, 1.807) is 6.07 Å². The van der Waals surface area contributed by atoms with E-state index < -0.39 is 0 Å². The van der Waals surface area contributed by atoms with Crippen molar-refractivity contribution in [2.45, 2.75) is 44.6 Å². The maximum atomic E-state index is 13.5. The number of hydrogen-bond donors (Lipinski definition) is 1. The van der Waals surface area contributed by atoms with E-state index in [4.69, 9.17) is 4.98 Å². The fourth-order valence-electron chi connectivity index (χ4n) is 3.54. The molecule has 1 aromatic heterocycles. The van der Waals surface area contributed by atoms with Crippen LogP contribution < -0.4 is 5.32 Å². The lowest BCUT2D eigenvalue weighted by Gasteiger charge is -2.22. The fraction of sp³-hybridized carbons (Fsp3) is 0.588. The molecule has 4 heteroatoms. The van der Waals surface area contributed by atoms with Gasteiger partial charge in [0.25, 0.3) is 0 Å². The van der Waals surface area contributed by atoms with Gasteiger partial charge in [0.1, 0.15) is 11.6 Å². The number of rotatable bonds is 4. The number of aryl methyl sites for hydroxylation is 1. The van der Waals surface area contributed by atoms with E-state index in [9.17, 15) is 4.39 Å². The molecule has 1 saturated heterocycles. The highest BCUT2D eigenvalue weighted by Crippen LogP contribution is 2.39. The first-order valence-electron chi connectivity index (χ1n) is 8.18. The standard InChI is InChI=1S/C17H22FN3/c18-13-2-5-15-16(11-13)21(14-3-4-14)17(20-15)6-1-12-7-9-19-10-8-12/h2,5,11-12,14,19H,1,3-4,6-10H2. The number of hydrogen-bond acceptors (Lipinski definition) is 2. The summed E-state index contributed by atoms with van der Waals surface area (Å²) in [6.45, 7) is 2.30. The number of fused-ring (bicyclic) bond motifs is 1. The zero-order valence-corrected chi connectivity index (χ0v) is 12.3. The summed E-state index contributed by atoms with van der Waals surface area (Å²) in [5, 5.41) is 3.42. The molecule has 2 aliphatic rings. The van der Waals surface area contributed by atoms with Crippen LogP contribution in [0.2, 0.25) is 0 Å². The first-order chi connectivity index (χ1) is 10.3. The Morgan fingerprint density at radius 2 is 2.00 bits per heavy atom. The number of aromatic nitrogens is 2. The van der Waals surface area contributed by atoms with Crippen molar-refractivity contribution >= 4 is 11.0 Å². The van der Waals surface area contributed by atoms with Crippen molar-refractivity contribution in [2.24, 2.45) is 5.92 Å². The van der Waals surface area contributed by atoms with Gasteiger partial charge in [0.05, 0.1) is 11.0 Å². The summed E-state index contributed by atoms with van der Waals surface area (Å²) in [6, 6.07) is 5.54. The van der Waals surface area contributed by atoms with Crippen molar-refractivity contribution in [1.82, 2.24) is 14.9 Å². The van der Waals surface area contributed by atoms with Crippen LogP contribution in [0.1, 0.15) is 44.0 Å². The van der Waals surface area contributed by atoms with E-state index in [1.807, 2.05) is 6.07 Å². The summed E-state index contributed by atoms with van der Waals surface area (Å²) in [4.78, 5) is 4.78. The predicted octanol–water partition coefficient (Wildman–Crippen LogP) is 3.44. The van der Waals surface area contributed by atoms with Crippen LogP contribution in [0.4, 0.5) is 4.39 Å². The summed E-state index contributed by atoms with van der Waals surface area (Å²) in [7, 11) is 0. The van der Waals surface area contributed by atoms with E-state index in [2.05, 4.69) is 9.88 Å². The zero-order valence-electron chi connectivity index (χ0n) is 12.3. The molecular formula is C17H22FN3. The minimum atomic E-state index is -0.158. The summed E-state index contributed by atoms with van der Waals surface area (Å²) >= 11 is 0. The van der Waals surface area contributed by atoms with Gasteiger partial charge in [-0.25, -0.2) is 9.37 Å². The highest BCUT2D eigenvalue weighted by Gasteiger charge is 2.28. The fourth-order valence-corrected chi connectivity index (χ4v) is 3.54. The minimum absolute atomic E-state index is 0.158.